The maximum atomic E-state index is 13.6. The number of nitrogens with one attached hydrogen (secondary N) is 1. The Balaban J connectivity index is 0.000000279. The van der Waals surface area contributed by atoms with Gasteiger partial charge < -0.3 is 19.8 Å². The third-order valence-corrected chi connectivity index (χ3v) is 4.09. The first kappa shape index (κ1) is 20.4. The molecule has 1 aromatic carbocycles. The summed E-state index contributed by atoms with van der Waals surface area (Å²) in [5.41, 5.74) is 1.71. The van der Waals surface area contributed by atoms with Crippen LogP contribution in [0.25, 0.3) is 10.9 Å². The highest BCUT2D eigenvalue weighted by Gasteiger charge is 2.22. The van der Waals surface area contributed by atoms with Gasteiger partial charge in [-0.3, -0.25) is 5.10 Å². The van der Waals surface area contributed by atoms with Gasteiger partial charge in [-0.15, -0.1) is 0 Å². The minimum absolute atomic E-state index is 0.271. The highest BCUT2D eigenvalue weighted by Crippen LogP contribution is 2.26. The molecule has 1 aliphatic heterocycles. The lowest BCUT2D eigenvalue weighted by atomic mass is 10.0. The van der Waals surface area contributed by atoms with Crippen LogP contribution >= 0.6 is 0 Å². The summed E-state index contributed by atoms with van der Waals surface area (Å²) in [5.74, 6) is -1.80. The number of nitrogens with zero attached hydrogens (tertiary/aromatic N) is 2. The first-order chi connectivity index (χ1) is 12.8. The normalized spacial score (nSPS) is 14.6. The molecule has 0 aliphatic carbocycles. The number of carboxylic acid groups (broad SMARTS) is 2. The van der Waals surface area contributed by atoms with Crippen LogP contribution in [-0.4, -0.2) is 64.0 Å². The third kappa shape index (κ3) is 5.78. The van der Waals surface area contributed by atoms with Gasteiger partial charge in [-0.2, -0.15) is 5.10 Å². The number of aromatic amines is 1. The third-order valence-electron chi connectivity index (χ3n) is 4.09. The SMILES string of the molecule is COc1cc2c(CCN3CC(C)C3)[nH]nc2cc1F.O=C(O)/C=C/C(=O)O. The van der Waals surface area contributed by atoms with Gasteiger partial charge in [-0.05, 0) is 12.0 Å². The minimum Gasteiger partial charge on any atom is -0.494 e. The van der Waals surface area contributed by atoms with Crippen molar-refractivity contribution in [3.05, 3.63) is 35.8 Å². The number of carbonyl (C=O) groups is 2. The molecule has 1 fully saturated rings. The molecule has 1 saturated heterocycles. The van der Waals surface area contributed by atoms with Crippen LogP contribution in [0.2, 0.25) is 0 Å². The lowest BCUT2D eigenvalue weighted by Gasteiger charge is -2.37. The lowest BCUT2D eigenvalue weighted by molar-refractivity contribution is -0.134. The standard InChI is InChI=1S/C14H18FN3O.C4H4O4/c1-9-7-18(8-9)4-3-12-10-5-14(19-2)11(15)6-13(10)17-16-12;5-3(6)1-2-4(7)8/h5-6,9H,3-4,7-8H2,1-2H3,(H,16,17);1-2H,(H,5,6)(H,7,8)/b;2-1+. The van der Waals surface area contributed by atoms with Crippen molar-refractivity contribution in [2.75, 3.05) is 26.7 Å². The Kier molecular flexibility index (Phi) is 6.89. The van der Waals surface area contributed by atoms with E-state index in [0.29, 0.717) is 17.7 Å². The highest BCUT2D eigenvalue weighted by atomic mass is 19.1. The number of hydrogen-bond acceptors (Lipinski definition) is 5. The second-order valence-corrected chi connectivity index (χ2v) is 6.33. The number of aliphatic carboxylic acids is 2. The fraction of sp³-hybridized carbons (Fsp3) is 0.389. The number of methoxy groups -OCH3 is 1. The van der Waals surface area contributed by atoms with E-state index < -0.39 is 11.9 Å². The molecular formula is C18H22FN3O5. The molecule has 0 saturated carbocycles. The fourth-order valence-corrected chi connectivity index (χ4v) is 2.84. The molecule has 0 bridgehead atoms. The fourth-order valence-electron chi connectivity index (χ4n) is 2.84. The van der Waals surface area contributed by atoms with Gasteiger partial charge in [-0.25, -0.2) is 14.0 Å². The van der Waals surface area contributed by atoms with E-state index in [1.54, 1.807) is 6.07 Å². The highest BCUT2D eigenvalue weighted by molar-refractivity contribution is 5.89. The average molecular weight is 379 g/mol. The van der Waals surface area contributed by atoms with Crippen LogP contribution in [0.1, 0.15) is 12.6 Å². The summed E-state index contributed by atoms with van der Waals surface area (Å²) in [6, 6.07) is 3.14. The molecule has 1 aromatic heterocycles. The first-order valence-electron chi connectivity index (χ1n) is 8.37. The number of hydrogen-bond donors (Lipinski definition) is 3. The van der Waals surface area contributed by atoms with Crippen LogP contribution in [0, 0.1) is 11.7 Å². The van der Waals surface area contributed by atoms with Crippen LogP contribution in [-0.2, 0) is 16.0 Å². The Morgan fingerprint density at radius 1 is 1.33 bits per heavy atom. The number of H-pyrrole nitrogens is 1. The Morgan fingerprint density at radius 3 is 2.48 bits per heavy atom. The van der Waals surface area contributed by atoms with Crippen molar-refractivity contribution < 1.29 is 28.9 Å². The van der Waals surface area contributed by atoms with Crippen LogP contribution < -0.4 is 4.74 Å². The van der Waals surface area contributed by atoms with E-state index in [1.165, 1.54) is 26.3 Å². The van der Waals surface area contributed by atoms with Gasteiger partial charge in [0.05, 0.1) is 12.6 Å². The maximum Gasteiger partial charge on any atom is 0.328 e. The molecule has 0 amide bonds. The minimum atomic E-state index is -1.26. The van der Waals surface area contributed by atoms with Gasteiger partial charge >= 0.3 is 11.9 Å². The molecule has 8 nitrogen and oxygen atoms in total. The van der Waals surface area contributed by atoms with Crippen LogP contribution in [0.5, 0.6) is 5.75 Å². The summed E-state index contributed by atoms with van der Waals surface area (Å²) in [6.45, 7) is 5.62. The van der Waals surface area contributed by atoms with Gasteiger partial charge in [0, 0.05) is 55.4 Å². The summed E-state index contributed by atoms with van der Waals surface area (Å²) in [6.07, 6.45) is 2.02. The topological polar surface area (TPSA) is 116 Å². The summed E-state index contributed by atoms with van der Waals surface area (Å²) < 4.78 is 18.6. The molecule has 146 valence electrons. The molecule has 27 heavy (non-hydrogen) atoms. The van der Waals surface area contributed by atoms with Crippen LogP contribution in [0.15, 0.2) is 24.3 Å². The Hall–Kier alpha value is -2.94. The van der Waals surface area contributed by atoms with Crippen molar-refractivity contribution in [3.63, 3.8) is 0 Å². The summed E-state index contributed by atoms with van der Waals surface area (Å²) >= 11 is 0. The number of benzene rings is 1. The van der Waals surface area contributed by atoms with Crippen molar-refractivity contribution in [3.8, 4) is 5.75 Å². The van der Waals surface area contributed by atoms with Crippen molar-refractivity contribution in [1.82, 2.24) is 15.1 Å². The predicted octanol–water partition coefficient (Wildman–Crippen LogP) is 1.92. The molecule has 2 aromatic rings. The number of rotatable bonds is 6. The largest absolute Gasteiger partial charge is 0.494 e. The van der Waals surface area contributed by atoms with Gasteiger partial charge in [0.25, 0.3) is 0 Å². The zero-order valence-corrected chi connectivity index (χ0v) is 15.1. The zero-order chi connectivity index (χ0) is 20.0. The van der Waals surface area contributed by atoms with E-state index in [2.05, 4.69) is 22.0 Å². The Bertz CT molecular complexity index is 827. The Labute approximate surface area is 155 Å². The number of fused-ring (bicyclic) bond motifs is 1. The molecule has 3 rings (SSSR count). The second kappa shape index (κ2) is 9.13. The molecule has 2 heterocycles. The number of halogens is 1. The van der Waals surface area contributed by atoms with Crippen molar-refractivity contribution in [2.45, 2.75) is 13.3 Å². The number of likely N-dealkylation sites (tertiary alicyclic amines) is 1. The van der Waals surface area contributed by atoms with Crippen molar-refractivity contribution >= 4 is 22.8 Å². The number of ether oxygens (including phenoxy) is 1. The number of aromatic nitrogens is 2. The zero-order valence-electron chi connectivity index (χ0n) is 15.1. The van der Waals surface area contributed by atoms with Crippen LogP contribution in [0.3, 0.4) is 0 Å². The van der Waals surface area contributed by atoms with Crippen LogP contribution in [0.4, 0.5) is 4.39 Å². The molecule has 0 spiro atoms. The molecule has 0 unspecified atom stereocenters. The molecule has 3 N–H and O–H groups in total. The second-order valence-electron chi connectivity index (χ2n) is 6.33. The van der Waals surface area contributed by atoms with E-state index in [0.717, 1.165) is 30.0 Å². The van der Waals surface area contributed by atoms with E-state index in [-0.39, 0.29) is 11.6 Å². The summed E-state index contributed by atoms with van der Waals surface area (Å²) in [7, 11) is 1.48. The van der Waals surface area contributed by atoms with E-state index in [1.807, 2.05) is 0 Å². The first-order valence-corrected chi connectivity index (χ1v) is 8.37. The maximum absolute atomic E-state index is 13.6. The van der Waals surface area contributed by atoms with E-state index in [9.17, 15) is 14.0 Å². The molecule has 1 aliphatic rings. The van der Waals surface area contributed by atoms with Gasteiger partial charge in [0.1, 0.15) is 0 Å². The summed E-state index contributed by atoms with van der Waals surface area (Å²) in [4.78, 5) is 21.5. The average Bonchev–Trinajstić information content (AvgIpc) is 2.97. The molecule has 0 radical (unpaired) electrons. The van der Waals surface area contributed by atoms with Crippen molar-refractivity contribution in [1.29, 1.82) is 0 Å². The summed E-state index contributed by atoms with van der Waals surface area (Å²) in [5, 5.41) is 23.7. The number of carboxylic acids is 2. The lowest BCUT2D eigenvalue weighted by Crippen LogP contribution is -2.45. The quantitative estimate of drug-likeness (QED) is 0.657. The predicted molar refractivity (Wildman–Crippen MR) is 96.3 cm³/mol. The molecule has 0 atom stereocenters. The van der Waals surface area contributed by atoms with E-state index in [4.69, 9.17) is 14.9 Å². The van der Waals surface area contributed by atoms with Gasteiger partial charge in [0.15, 0.2) is 11.6 Å². The smallest absolute Gasteiger partial charge is 0.328 e. The van der Waals surface area contributed by atoms with Gasteiger partial charge in [-0.1, -0.05) is 6.92 Å². The van der Waals surface area contributed by atoms with E-state index >= 15 is 0 Å². The molecule has 9 heteroatoms. The van der Waals surface area contributed by atoms with Gasteiger partial charge in [0.2, 0.25) is 0 Å². The monoisotopic (exact) mass is 379 g/mol. The van der Waals surface area contributed by atoms with Crippen molar-refractivity contribution in [2.24, 2.45) is 5.92 Å². The molecular weight excluding hydrogens is 357 g/mol. The Morgan fingerprint density at radius 2 is 1.96 bits per heavy atom.